The molecule has 1 amide bonds. The van der Waals surface area contributed by atoms with Gasteiger partial charge in [0.1, 0.15) is 11.6 Å². The van der Waals surface area contributed by atoms with Gasteiger partial charge in [-0.25, -0.2) is 4.79 Å². The molecule has 0 fully saturated rings. The van der Waals surface area contributed by atoms with Crippen LogP contribution in [0.1, 0.15) is 38.3 Å². The second-order valence-corrected chi connectivity index (χ2v) is 8.58. The maximum atomic E-state index is 13.2. The van der Waals surface area contributed by atoms with Crippen molar-refractivity contribution in [1.82, 2.24) is 9.55 Å². The summed E-state index contributed by atoms with van der Waals surface area (Å²) in [6, 6.07) is 16.8. The Hall–Kier alpha value is -3.81. The summed E-state index contributed by atoms with van der Waals surface area (Å²) in [5.41, 5.74) is 6.91. The fourth-order valence-corrected chi connectivity index (χ4v) is 3.59. The summed E-state index contributed by atoms with van der Waals surface area (Å²) in [4.78, 5) is 42.3. The zero-order valence-corrected chi connectivity index (χ0v) is 19.9. The van der Waals surface area contributed by atoms with Gasteiger partial charge in [0.2, 0.25) is 0 Å². The molecule has 0 unspecified atom stereocenters. The van der Waals surface area contributed by atoms with E-state index >= 15 is 0 Å². The highest BCUT2D eigenvalue weighted by Crippen LogP contribution is 2.20. The van der Waals surface area contributed by atoms with Crippen LogP contribution in [0.5, 0.6) is 5.75 Å². The van der Waals surface area contributed by atoms with E-state index in [9.17, 15) is 14.4 Å². The topological polar surface area (TPSA) is 110 Å². The number of nitrogens with two attached hydrogens (primary N) is 1. The van der Waals surface area contributed by atoms with E-state index in [0.29, 0.717) is 12.2 Å². The minimum Gasteiger partial charge on any atom is -0.484 e. The van der Waals surface area contributed by atoms with Crippen molar-refractivity contribution in [3.8, 4) is 5.75 Å². The van der Waals surface area contributed by atoms with Gasteiger partial charge < -0.3 is 15.4 Å². The van der Waals surface area contributed by atoms with E-state index in [0.717, 1.165) is 17.5 Å². The highest BCUT2D eigenvalue weighted by Gasteiger charge is 2.25. The molecule has 8 nitrogen and oxygen atoms in total. The fraction of sp³-hybridized carbons (Fsp3) is 0.346. The van der Waals surface area contributed by atoms with Gasteiger partial charge in [-0.15, -0.1) is 0 Å². The Morgan fingerprint density at radius 3 is 2.47 bits per heavy atom. The summed E-state index contributed by atoms with van der Waals surface area (Å²) in [5.74, 6) is 0.396. The van der Waals surface area contributed by atoms with Crippen molar-refractivity contribution < 1.29 is 9.53 Å². The lowest BCUT2D eigenvalue weighted by Gasteiger charge is -2.25. The molecule has 0 atom stereocenters. The molecule has 1 heterocycles. The molecular formula is C26H32N4O4. The molecule has 3 N–H and O–H groups in total. The van der Waals surface area contributed by atoms with E-state index in [4.69, 9.17) is 10.5 Å². The quantitative estimate of drug-likeness (QED) is 0.479. The van der Waals surface area contributed by atoms with Crippen molar-refractivity contribution >= 4 is 17.4 Å². The molecule has 0 saturated carbocycles. The maximum Gasteiger partial charge on any atom is 0.330 e. The molecule has 0 aliphatic carbocycles. The molecule has 0 bridgehead atoms. The van der Waals surface area contributed by atoms with Gasteiger partial charge in [0.05, 0.1) is 6.54 Å². The van der Waals surface area contributed by atoms with Crippen LogP contribution in [0.25, 0.3) is 0 Å². The Bertz CT molecular complexity index is 1230. The van der Waals surface area contributed by atoms with Gasteiger partial charge in [-0.1, -0.05) is 63.2 Å². The van der Waals surface area contributed by atoms with E-state index in [1.165, 1.54) is 9.47 Å². The minimum absolute atomic E-state index is 0.0351. The SMILES string of the molecule is CCc1cccc(OCC(=O)N(CCC(C)C)c2c(N)n(Cc3ccccc3)c(=O)[nH]c2=O)c1. The predicted octanol–water partition coefficient (Wildman–Crippen LogP) is 3.19. The van der Waals surface area contributed by atoms with Crippen LogP contribution in [-0.4, -0.2) is 28.6 Å². The van der Waals surface area contributed by atoms with Crippen LogP contribution in [-0.2, 0) is 17.8 Å². The Morgan fingerprint density at radius 2 is 1.79 bits per heavy atom. The number of aromatic amines is 1. The number of ether oxygens (including phenoxy) is 1. The van der Waals surface area contributed by atoms with Crippen LogP contribution in [0.15, 0.2) is 64.2 Å². The summed E-state index contributed by atoms with van der Waals surface area (Å²) in [5, 5.41) is 0. The Morgan fingerprint density at radius 1 is 1.09 bits per heavy atom. The first kappa shape index (κ1) is 24.8. The zero-order chi connectivity index (χ0) is 24.7. The van der Waals surface area contributed by atoms with Crippen molar-refractivity contribution in [2.75, 3.05) is 23.8 Å². The van der Waals surface area contributed by atoms with Gasteiger partial charge in [-0.05, 0) is 42.0 Å². The van der Waals surface area contributed by atoms with Crippen molar-refractivity contribution in [1.29, 1.82) is 0 Å². The standard InChI is InChI=1S/C26H32N4O4/c1-4-19-11-8-12-21(15-19)34-17-22(31)29(14-13-18(2)3)23-24(27)30(26(33)28-25(23)32)16-20-9-6-5-7-10-20/h5-12,15,18H,4,13-14,16-17,27H2,1-3H3,(H,28,32,33). The summed E-state index contributed by atoms with van der Waals surface area (Å²) in [7, 11) is 0. The molecule has 0 saturated heterocycles. The van der Waals surface area contributed by atoms with Crippen LogP contribution in [0.2, 0.25) is 0 Å². The van der Waals surface area contributed by atoms with E-state index in [2.05, 4.69) is 4.98 Å². The third kappa shape index (κ3) is 6.15. The van der Waals surface area contributed by atoms with Crippen molar-refractivity contribution in [3.63, 3.8) is 0 Å². The Labute approximate surface area is 199 Å². The average Bonchev–Trinajstić information content (AvgIpc) is 2.82. The van der Waals surface area contributed by atoms with Crippen molar-refractivity contribution in [3.05, 3.63) is 86.6 Å². The monoisotopic (exact) mass is 464 g/mol. The number of nitrogens with zero attached hydrogens (tertiary/aromatic N) is 2. The lowest BCUT2D eigenvalue weighted by Crippen LogP contribution is -2.43. The van der Waals surface area contributed by atoms with E-state index < -0.39 is 17.2 Å². The Balaban J connectivity index is 1.94. The molecule has 0 radical (unpaired) electrons. The second-order valence-electron chi connectivity index (χ2n) is 8.58. The molecule has 0 spiro atoms. The van der Waals surface area contributed by atoms with Crippen LogP contribution in [0, 0.1) is 5.92 Å². The lowest BCUT2D eigenvalue weighted by molar-refractivity contribution is -0.120. The molecule has 3 rings (SSSR count). The fourth-order valence-electron chi connectivity index (χ4n) is 3.59. The first-order valence-corrected chi connectivity index (χ1v) is 11.5. The van der Waals surface area contributed by atoms with Gasteiger partial charge in [0.25, 0.3) is 11.5 Å². The molecule has 34 heavy (non-hydrogen) atoms. The van der Waals surface area contributed by atoms with Crippen molar-refractivity contribution in [2.24, 2.45) is 5.92 Å². The number of nitrogens with one attached hydrogen (secondary N) is 1. The third-order valence-electron chi connectivity index (χ3n) is 5.57. The van der Waals surface area contributed by atoms with Crippen LogP contribution >= 0.6 is 0 Å². The molecule has 8 heteroatoms. The largest absolute Gasteiger partial charge is 0.484 e. The molecule has 1 aromatic heterocycles. The smallest absolute Gasteiger partial charge is 0.330 e. The second kappa shape index (κ2) is 11.4. The number of H-pyrrole nitrogens is 1. The lowest BCUT2D eigenvalue weighted by atomic mass is 10.1. The number of hydrogen-bond donors (Lipinski definition) is 2. The third-order valence-corrected chi connectivity index (χ3v) is 5.57. The van der Waals surface area contributed by atoms with E-state index in [-0.39, 0.29) is 37.1 Å². The van der Waals surface area contributed by atoms with Gasteiger partial charge in [-0.3, -0.25) is 19.1 Å². The molecule has 3 aromatic rings. The highest BCUT2D eigenvalue weighted by atomic mass is 16.5. The number of carbonyl (C=O) groups is 1. The normalized spacial score (nSPS) is 10.9. The molecule has 0 aliphatic heterocycles. The van der Waals surface area contributed by atoms with Crippen LogP contribution < -0.4 is 26.6 Å². The van der Waals surface area contributed by atoms with Crippen molar-refractivity contribution in [2.45, 2.75) is 40.2 Å². The molecular weight excluding hydrogens is 432 g/mol. The van der Waals surface area contributed by atoms with E-state index in [1.807, 2.05) is 69.3 Å². The number of carbonyl (C=O) groups excluding carboxylic acids is 1. The summed E-state index contributed by atoms with van der Waals surface area (Å²) >= 11 is 0. The van der Waals surface area contributed by atoms with Gasteiger partial charge in [-0.2, -0.15) is 0 Å². The number of aryl methyl sites for hydroxylation is 1. The van der Waals surface area contributed by atoms with Gasteiger partial charge in [0.15, 0.2) is 12.3 Å². The number of benzene rings is 2. The first-order valence-electron chi connectivity index (χ1n) is 11.5. The van der Waals surface area contributed by atoms with Gasteiger partial charge in [0, 0.05) is 6.54 Å². The predicted molar refractivity (Wildman–Crippen MR) is 134 cm³/mol. The maximum absolute atomic E-state index is 13.2. The zero-order valence-electron chi connectivity index (χ0n) is 19.9. The first-order chi connectivity index (χ1) is 16.3. The Kier molecular flexibility index (Phi) is 8.29. The number of anilines is 2. The summed E-state index contributed by atoms with van der Waals surface area (Å²) < 4.78 is 7.01. The molecule has 180 valence electrons. The van der Waals surface area contributed by atoms with Crippen LogP contribution in [0.3, 0.4) is 0 Å². The summed E-state index contributed by atoms with van der Waals surface area (Å²) in [6.07, 6.45) is 1.49. The number of amides is 1. The highest BCUT2D eigenvalue weighted by molar-refractivity contribution is 5.96. The van der Waals surface area contributed by atoms with E-state index in [1.54, 1.807) is 6.07 Å². The van der Waals surface area contributed by atoms with Gasteiger partial charge >= 0.3 is 5.69 Å². The number of nitrogen functional groups attached to an aromatic ring is 1. The summed E-state index contributed by atoms with van der Waals surface area (Å²) in [6.45, 7) is 6.27. The average molecular weight is 465 g/mol. The number of hydrogen-bond acceptors (Lipinski definition) is 5. The molecule has 0 aliphatic rings. The number of rotatable bonds is 10. The number of aromatic nitrogens is 2. The minimum atomic E-state index is -0.697. The molecule has 2 aromatic carbocycles. The van der Waals surface area contributed by atoms with Crippen LogP contribution in [0.4, 0.5) is 11.5 Å².